The van der Waals surface area contributed by atoms with Crippen molar-refractivity contribution in [3.8, 4) is 11.6 Å². The van der Waals surface area contributed by atoms with Crippen LogP contribution in [0.1, 0.15) is 47.5 Å². The minimum absolute atomic E-state index is 0.142. The van der Waals surface area contributed by atoms with Crippen LogP contribution in [-0.2, 0) is 4.74 Å². The first-order valence-corrected chi connectivity index (χ1v) is 13.6. The fourth-order valence-electron chi connectivity index (χ4n) is 5.81. The molecule has 3 aromatic carbocycles. The average molecular weight is 524 g/mol. The lowest BCUT2D eigenvalue weighted by atomic mass is 9.81. The lowest BCUT2D eigenvalue weighted by molar-refractivity contribution is 0.00730. The Balaban J connectivity index is 1.09. The summed E-state index contributed by atoms with van der Waals surface area (Å²) < 4.78 is 11.3. The van der Waals surface area contributed by atoms with E-state index in [0.29, 0.717) is 29.2 Å². The van der Waals surface area contributed by atoms with Gasteiger partial charge in [-0.3, -0.25) is 9.69 Å². The predicted molar refractivity (Wildman–Crippen MR) is 152 cm³/mol. The Morgan fingerprint density at radius 2 is 1.77 bits per heavy atom. The van der Waals surface area contributed by atoms with Crippen LogP contribution in [0.2, 0.25) is 0 Å². The number of carbonyl (C=O) groups excluding carboxylic acids is 1. The monoisotopic (exact) mass is 523 g/mol. The van der Waals surface area contributed by atoms with Crippen LogP contribution in [0.15, 0.2) is 72.9 Å². The van der Waals surface area contributed by atoms with Crippen molar-refractivity contribution in [1.29, 1.82) is 0 Å². The van der Waals surface area contributed by atoms with Gasteiger partial charge in [0.25, 0.3) is 5.91 Å². The highest BCUT2D eigenvalue weighted by atomic mass is 16.5. The molecule has 39 heavy (non-hydrogen) atoms. The van der Waals surface area contributed by atoms with Gasteiger partial charge in [0.05, 0.1) is 13.2 Å². The number of nitrogen functional groups attached to an aromatic ring is 1. The highest BCUT2D eigenvalue weighted by Gasteiger charge is 2.27. The molecule has 8 nitrogen and oxygen atoms in total. The van der Waals surface area contributed by atoms with E-state index in [0.717, 1.165) is 42.8 Å². The first kappa shape index (κ1) is 25.3. The van der Waals surface area contributed by atoms with Crippen LogP contribution in [0.4, 0.5) is 11.6 Å². The van der Waals surface area contributed by atoms with Crippen molar-refractivity contribution in [2.24, 2.45) is 0 Å². The lowest BCUT2D eigenvalue weighted by Crippen LogP contribution is -2.44. The van der Waals surface area contributed by atoms with Crippen molar-refractivity contribution in [1.82, 2.24) is 14.9 Å². The first-order chi connectivity index (χ1) is 19.1. The molecule has 6 rings (SSSR count). The predicted octanol–water partition coefficient (Wildman–Crippen LogP) is 5.62. The third-order valence-corrected chi connectivity index (χ3v) is 7.87. The molecule has 0 radical (unpaired) electrons. The molecule has 8 heteroatoms. The Morgan fingerprint density at radius 1 is 0.974 bits per heavy atom. The highest BCUT2D eigenvalue weighted by Crippen LogP contribution is 2.35. The largest absolute Gasteiger partial charge is 0.439 e. The second-order valence-corrected chi connectivity index (χ2v) is 10.3. The summed E-state index contributed by atoms with van der Waals surface area (Å²) in [4.78, 5) is 23.8. The van der Waals surface area contributed by atoms with Crippen LogP contribution in [0, 0.1) is 0 Å². The number of nitrogens with zero attached hydrogens (tertiary/aromatic N) is 3. The third-order valence-electron chi connectivity index (χ3n) is 7.87. The first-order valence-electron chi connectivity index (χ1n) is 13.6. The van der Waals surface area contributed by atoms with Crippen molar-refractivity contribution >= 4 is 28.3 Å². The Hall–Kier alpha value is -4.01. The van der Waals surface area contributed by atoms with Gasteiger partial charge in [0.15, 0.2) is 0 Å². The molecule has 2 heterocycles. The van der Waals surface area contributed by atoms with E-state index in [-0.39, 0.29) is 11.9 Å². The quantitative estimate of drug-likeness (QED) is 0.338. The van der Waals surface area contributed by atoms with E-state index in [9.17, 15) is 4.79 Å². The smallest absolute Gasteiger partial charge is 0.256 e. The second kappa shape index (κ2) is 11.4. The van der Waals surface area contributed by atoms with Gasteiger partial charge in [-0.25, -0.2) is 4.98 Å². The maximum absolute atomic E-state index is 13.2. The fourth-order valence-corrected chi connectivity index (χ4v) is 5.81. The fraction of sp³-hybridized carbons (Fsp3) is 0.323. The summed E-state index contributed by atoms with van der Waals surface area (Å²) >= 11 is 0. The second-order valence-electron chi connectivity index (χ2n) is 10.3. The van der Waals surface area contributed by atoms with Crippen LogP contribution in [-0.4, -0.2) is 53.1 Å². The number of rotatable bonds is 6. The average Bonchev–Trinajstić information content (AvgIpc) is 2.98. The van der Waals surface area contributed by atoms with Crippen molar-refractivity contribution in [3.63, 3.8) is 0 Å². The zero-order valence-electron chi connectivity index (χ0n) is 21.9. The molecule has 0 bridgehead atoms. The molecular formula is C31H33N5O3. The number of hydrogen-bond donors (Lipinski definition) is 2. The summed E-state index contributed by atoms with van der Waals surface area (Å²) in [6.07, 6.45) is 6.44. The van der Waals surface area contributed by atoms with Crippen molar-refractivity contribution in [2.75, 3.05) is 37.4 Å². The summed E-state index contributed by atoms with van der Waals surface area (Å²) in [6, 6.07) is 22.0. The Bertz CT molecular complexity index is 1440. The maximum atomic E-state index is 13.2. The van der Waals surface area contributed by atoms with Gasteiger partial charge in [0, 0.05) is 42.6 Å². The van der Waals surface area contributed by atoms with Gasteiger partial charge in [0.2, 0.25) is 11.8 Å². The molecule has 1 aliphatic heterocycles. The Kier molecular flexibility index (Phi) is 7.38. The third kappa shape index (κ3) is 5.87. The van der Waals surface area contributed by atoms with Crippen LogP contribution in [0.3, 0.4) is 0 Å². The molecule has 1 aliphatic carbocycles. The van der Waals surface area contributed by atoms with E-state index in [1.54, 1.807) is 12.3 Å². The number of amides is 1. The minimum atomic E-state index is -0.142. The number of fused-ring (bicyclic) bond motifs is 1. The highest BCUT2D eigenvalue weighted by molar-refractivity contribution is 6.13. The normalized spacial score (nSPS) is 20.0. The Labute approximate surface area is 228 Å². The molecule has 1 amide bonds. The van der Waals surface area contributed by atoms with Crippen molar-refractivity contribution in [3.05, 3.63) is 84.1 Å². The topological polar surface area (TPSA) is 103 Å². The maximum Gasteiger partial charge on any atom is 0.256 e. The number of aromatic nitrogens is 2. The van der Waals surface area contributed by atoms with Crippen LogP contribution < -0.4 is 15.8 Å². The van der Waals surface area contributed by atoms with Gasteiger partial charge in [-0.15, -0.1) is 0 Å². The molecule has 200 valence electrons. The summed E-state index contributed by atoms with van der Waals surface area (Å²) in [5.41, 5.74) is 8.40. The van der Waals surface area contributed by atoms with Gasteiger partial charge in [0.1, 0.15) is 5.75 Å². The standard InChI is InChI=1S/C31H33N5O3/c32-31-33-15-14-29(35-31)39-26-12-13-27-23(20-26)2-1-3-28(27)30(37)34-24-8-4-21(5-9-24)22-6-10-25(11-7-22)36-16-18-38-19-17-36/h1-5,8-9,12-15,20,22,25H,6-7,10-11,16-19H2,(H,34,37)(H2,32,33,35). The van der Waals surface area contributed by atoms with E-state index >= 15 is 0 Å². The summed E-state index contributed by atoms with van der Waals surface area (Å²) in [5, 5.41) is 4.81. The summed E-state index contributed by atoms with van der Waals surface area (Å²) in [5.74, 6) is 1.56. The number of benzene rings is 3. The van der Waals surface area contributed by atoms with Crippen molar-refractivity contribution in [2.45, 2.75) is 37.6 Å². The van der Waals surface area contributed by atoms with Gasteiger partial charge in [-0.2, -0.15) is 4.98 Å². The molecule has 1 aromatic heterocycles. The lowest BCUT2D eigenvalue weighted by Gasteiger charge is -2.38. The number of morpholine rings is 1. The molecule has 0 atom stereocenters. The number of ether oxygens (including phenoxy) is 2. The van der Waals surface area contributed by atoms with E-state index in [4.69, 9.17) is 15.2 Å². The van der Waals surface area contributed by atoms with E-state index < -0.39 is 0 Å². The Morgan fingerprint density at radius 3 is 2.54 bits per heavy atom. The van der Waals surface area contributed by atoms with Crippen molar-refractivity contribution < 1.29 is 14.3 Å². The minimum Gasteiger partial charge on any atom is -0.439 e. The van der Waals surface area contributed by atoms with E-state index in [1.165, 1.54) is 31.2 Å². The van der Waals surface area contributed by atoms with Gasteiger partial charge < -0.3 is 20.5 Å². The molecule has 0 unspecified atom stereocenters. The summed E-state index contributed by atoms with van der Waals surface area (Å²) in [7, 11) is 0. The number of nitrogens with two attached hydrogens (primary N) is 1. The molecule has 2 aliphatic rings. The van der Waals surface area contributed by atoms with Gasteiger partial charge in [-0.05, 0) is 84.3 Å². The summed E-state index contributed by atoms with van der Waals surface area (Å²) in [6.45, 7) is 3.85. The number of anilines is 2. The zero-order valence-corrected chi connectivity index (χ0v) is 21.9. The zero-order chi connectivity index (χ0) is 26.6. The molecular weight excluding hydrogens is 490 g/mol. The van der Waals surface area contributed by atoms with Gasteiger partial charge in [-0.1, -0.05) is 24.3 Å². The molecule has 4 aromatic rings. The number of carbonyl (C=O) groups is 1. The van der Waals surface area contributed by atoms with E-state index in [1.807, 2.05) is 48.5 Å². The van der Waals surface area contributed by atoms with Gasteiger partial charge >= 0.3 is 0 Å². The number of nitrogens with one attached hydrogen (secondary N) is 1. The number of hydrogen-bond acceptors (Lipinski definition) is 7. The molecule has 3 N–H and O–H groups in total. The molecule has 1 saturated heterocycles. The van der Waals surface area contributed by atoms with Crippen LogP contribution in [0.25, 0.3) is 10.8 Å². The molecule has 0 spiro atoms. The van der Waals surface area contributed by atoms with Crippen LogP contribution in [0.5, 0.6) is 11.6 Å². The molecule has 1 saturated carbocycles. The van der Waals surface area contributed by atoms with E-state index in [2.05, 4.69) is 32.3 Å². The molecule has 2 fully saturated rings. The SMILES string of the molecule is Nc1nccc(Oc2ccc3c(C(=O)Nc4ccc(C5CCC(N6CCOCC6)CC5)cc4)cccc3c2)n1. The van der Waals surface area contributed by atoms with Crippen LogP contribution >= 0.6 is 0 Å².